The lowest BCUT2D eigenvalue weighted by Crippen LogP contribution is -2.11. The standard InChI is InChI=1S/C30H28FN7O2S/c1-3-32-12-19-7-21(14-33-13-19)22-10-25-29(37-38-30(25)35-15-22)27-11-24-26(16-34-17-28(24)36-27)20-6-18(8-23(31)9-20)4-5-41(2,39)40/h6-11,13-17,32,36H,3-5,12H2,1-2H3,(H,35,37,38). The minimum absolute atomic E-state index is 0.0500. The summed E-state index contributed by atoms with van der Waals surface area (Å²) in [5, 5.41) is 12.5. The molecule has 9 nitrogen and oxygen atoms in total. The van der Waals surface area contributed by atoms with E-state index in [1.54, 1.807) is 18.6 Å². The highest BCUT2D eigenvalue weighted by Gasteiger charge is 2.16. The van der Waals surface area contributed by atoms with Crippen LogP contribution >= 0.6 is 0 Å². The van der Waals surface area contributed by atoms with E-state index in [2.05, 4.69) is 48.4 Å². The predicted octanol–water partition coefficient (Wildman–Crippen LogP) is 5.07. The number of nitrogens with zero attached hydrogens (tertiary/aromatic N) is 4. The zero-order chi connectivity index (χ0) is 28.6. The monoisotopic (exact) mass is 569 g/mol. The Morgan fingerprint density at radius 3 is 2.51 bits per heavy atom. The predicted molar refractivity (Wildman–Crippen MR) is 158 cm³/mol. The van der Waals surface area contributed by atoms with Gasteiger partial charge in [0, 0.05) is 65.1 Å². The Labute approximate surface area is 236 Å². The Morgan fingerprint density at radius 2 is 1.68 bits per heavy atom. The van der Waals surface area contributed by atoms with E-state index in [-0.39, 0.29) is 12.2 Å². The molecule has 1 aromatic carbocycles. The molecule has 5 heterocycles. The van der Waals surface area contributed by atoms with Gasteiger partial charge < -0.3 is 10.3 Å². The molecule has 0 bridgehead atoms. The maximum atomic E-state index is 14.6. The average Bonchev–Trinajstić information content (AvgIpc) is 3.58. The van der Waals surface area contributed by atoms with Crippen LogP contribution in [0.15, 0.2) is 67.4 Å². The first-order valence-electron chi connectivity index (χ1n) is 13.2. The fourth-order valence-electron chi connectivity index (χ4n) is 4.94. The number of fused-ring (bicyclic) bond motifs is 2. The highest BCUT2D eigenvalue weighted by atomic mass is 32.2. The quantitative estimate of drug-likeness (QED) is 0.222. The van der Waals surface area contributed by atoms with Crippen LogP contribution in [0.3, 0.4) is 0 Å². The van der Waals surface area contributed by atoms with Gasteiger partial charge in [-0.3, -0.25) is 15.1 Å². The number of hydrogen-bond donors (Lipinski definition) is 3. The summed E-state index contributed by atoms with van der Waals surface area (Å²) >= 11 is 0. The molecular weight excluding hydrogens is 541 g/mol. The van der Waals surface area contributed by atoms with Crippen LogP contribution in [0.5, 0.6) is 0 Å². The number of hydrogen-bond acceptors (Lipinski definition) is 7. The number of H-pyrrole nitrogens is 2. The van der Waals surface area contributed by atoms with Crippen LogP contribution in [0.2, 0.25) is 0 Å². The van der Waals surface area contributed by atoms with Crippen LogP contribution in [-0.4, -0.2) is 57.1 Å². The number of halogens is 1. The molecule has 0 spiro atoms. The number of pyridine rings is 3. The molecule has 6 rings (SSSR count). The molecule has 0 amide bonds. The van der Waals surface area contributed by atoms with Gasteiger partial charge in [-0.05, 0) is 60.0 Å². The van der Waals surface area contributed by atoms with Crippen LogP contribution in [-0.2, 0) is 22.8 Å². The number of benzene rings is 1. The Kier molecular flexibility index (Phi) is 7.06. The molecule has 0 unspecified atom stereocenters. The maximum Gasteiger partial charge on any atom is 0.181 e. The number of nitrogens with one attached hydrogen (secondary N) is 3. The smallest absolute Gasteiger partial charge is 0.181 e. The van der Waals surface area contributed by atoms with Gasteiger partial charge >= 0.3 is 0 Å². The second-order valence-electron chi connectivity index (χ2n) is 10.1. The molecule has 0 aliphatic heterocycles. The summed E-state index contributed by atoms with van der Waals surface area (Å²) in [5.41, 5.74) is 7.84. The highest BCUT2D eigenvalue weighted by Crippen LogP contribution is 2.35. The zero-order valence-corrected chi connectivity index (χ0v) is 23.4. The van der Waals surface area contributed by atoms with Crippen molar-refractivity contribution in [2.45, 2.75) is 19.9 Å². The molecule has 0 radical (unpaired) electrons. The van der Waals surface area contributed by atoms with Crippen LogP contribution in [0.25, 0.3) is 55.6 Å². The largest absolute Gasteiger partial charge is 0.352 e. The second-order valence-corrected chi connectivity index (χ2v) is 12.4. The van der Waals surface area contributed by atoms with Crippen LogP contribution in [0, 0.1) is 5.82 Å². The minimum atomic E-state index is -3.17. The third-order valence-corrected chi connectivity index (χ3v) is 7.91. The zero-order valence-electron chi connectivity index (χ0n) is 22.6. The van der Waals surface area contributed by atoms with Gasteiger partial charge in [-0.1, -0.05) is 13.0 Å². The summed E-state index contributed by atoms with van der Waals surface area (Å²) in [4.78, 5) is 16.8. The highest BCUT2D eigenvalue weighted by molar-refractivity contribution is 7.90. The summed E-state index contributed by atoms with van der Waals surface area (Å²) in [6, 6.07) is 10.7. The van der Waals surface area contributed by atoms with E-state index in [0.29, 0.717) is 16.8 Å². The molecule has 41 heavy (non-hydrogen) atoms. The van der Waals surface area contributed by atoms with Crippen molar-refractivity contribution in [2.75, 3.05) is 18.6 Å². The third kappa shape index (κ3) is 5.72. The van der Waals surface area contributed by atoms with Gasteiger partial charge in [-0.15, -0.1) is 0 Å². The first-order valence-corrected chi connectivity index (χ1v) is 15.3. The summed E-state index contributed by atoms with van der Waals surface area (Å²) in [6.07, 6.45) is 10.3. The van der Waals surface area contributed by atoms with Crippen molar-refractivity contribution in [3.05, 3.63) is 84.3 Å². The van der Waals surface area contributed by atoms with Gasteiger partial charge in [0.1, 0.15) is 15.7 Å². The normalized spacial score (nSPS) is 12.0. The molecule has 0 aliphatic rings. The second kappa shape index (κ2) is 10.8. The van der Waals surface area contributed by atoms with Crippen molar-refractivity contribution in [3.63, 3.8) is 0 Å². The van der Waals surface area contributed by atoms with Crippen LogP contribution in [0.1, 0.15) is 18.1 Å². The van der Waals surface area contributed by atoms with Crippen molar-refractivity contribution in [1.29, 1.82) is 0 Å². The lowest BCUT2D eigenvalue weighted by molar-refractivity contribution is 0.600. The van der Waals surface area contributed by atoms with E-state index >= 15 is 0 Å². The number of aromatic nitrogens is 6. The van der Waals surface area contributed by atoms with Gasteiger partial charge in [-0.25, -0.2) is 17.8 Å². The summed E-state index contributed by atoms with van der Waals surface area (Å²) < 4.78 is 37.9. The SMILES string of the molecule is CCNCc1cncc(-c2cnc3n[nH]c(-c4cc5c(-c6cc(F)cc(CCS(C)(=O)=O)c6)cncc5[nH]4)c3c2)c1. The summed E-state index contributed by atoms with van der Waals surface area (Å²) in [7, 11) is -3.17. The maximum absolute atomic E-state index is 14.6. The molecule has 0 aliphatic carbocycles. The molecule has 0 atom stereocenters. The van der Waals surface area contributed by atoms with Gasteiger partial charge in [-0.2, -0.15) is 5.10 Å². The Morgan fingerprint density at radius 1 is 0.878 bits per heavy atom. The Bertz CT molecular complexity index is 2000. The van der Waals surface area contributed by atoms with E-state index in [1.165, 1.54) is 18.4 Å². The molecule has 6 aromatic rings. The van der Waals surface area contributed by atoms with E-state index in [4.69, 9.17) is 0 Å². The van der Waals surface area contributed by atoms with Gasteiger partial charge in [0.2, 0.25) is 0 Å². The molecule has 3 N–H and O–H groups in total. The first kappa shape index (κ1) is 26.7. The molecule has 5 aromatic heterocycles. The average molecular weight is 570 g/mol. The molecule has 0 saturated carbocycles. The Balaban J connectivity index is 1.39. The number of rotatable bonds is 9. The molecule has 208 valence electrons. The number of aryl methyl sites for hydroxylation is 1. The van der Waals surface area contributed by atoms with Gasteiger partial charge in [0.15, 0.2) is 5.65 Å². The van der Waals surface area contributed by atoms with Crippen molar-refractivity contribution in [2.24, 2.45) is 0 Å². The van der Waals surface area contributed by atoms with Gasteiger partial charge in [0.05, 0.1) is 28.9 Å². The summed E-state index contributed by atoms with van der Waals surface area (Å²) in [5.74, 6) is -0.480. The third-order valence-electron chi connectivity index (χ3n) is 6.96. The molecule has 11 heteroatoms. The van der Waals surface area contributed by atoms with E-state index < -0.39 is 15.7 Å². The van der Waals surface area contributed by atoms with Crippen LogP contribution in [0.4, 0.5) is 4.39 Å². The van der Waals surface area contributed by atoms with Crippen LogP contribution < -0.4 is 5.32 Å². The fraction of sp³-hybridized carbons (Fsp3) is 0.200. The van der Waals surface area contributed by atoms with Crippen molar-refractivity contribution in [1.82, 2.24) is 35.5 Å². The summed E-state index contributed by atoms with van der Waals surface area (Å²) in [6.45, 7) is 3.68. The number of sulfone groups is 1. The van der Waals surface area contributed by atoms with Crippen molar-refractivity contribution < 1.29 is 12.8 Å². The minimum Gasteiger partial charge on any atom is -0.352 e. The molecular formula is C30H28FN7O2S. The topological polar surface area (TPSA) is 129 Å². The van der Waals surface area contributed by atoms with E-state index in [0.717, 1.165) is 63.0 Å². The van der Waals surface area contributed by atoms with E-state index in [9.17, 15) is 12.8 Å². The lowest BCUT2D eigenvalue weighted by atomic mass is 10.0. The Hall–Kier alpha value is -4.48. The number of aromatic amines is 2. The molecule has 0 saturated heterocycles. The fourth-order valence-corrected chi connectivity index (χ4v) is 5.55. The van der Waals surface area contributed by atoms with Crippen molar-refractivity contribution >= 4 is 31.8 Å². The van der Waals surface area contributed by atoms with E-state index in [1.807, 2.05) is 30.6 Å². The molecule has 0 fully saturated rings. The first-order chi connectivity index (χ1) is 19.8. The van der Waals surface area contributed by atoms with Crippen molar-refractivity contribution in [3.8, 4) is 33.6 Å². The lowest BCUT2D eigenvalue weighted by Gasteiger charge is -2.07. The van der Waals surface area contributed by atoms with Gasteiger partial charge in [0.25, 0.3) is 0 Å².